The van der Waals surface area contributed by atoms with Crippen molar-refractivity contribution >= 4 is 29.2 Å². The maximum atomic E-state index is 11.4. The van der Waals surface area contributed by atoms with E-state index in [1.165, 1.54) is 44.5 Å². The summed E-state index contributed by atoms with van der Waals surface area (Å²) in [6.07, 6.45) is 13.2. The van der Waals surface area contributed by atoms with Crippen LogP contribution < -0.4 is 11.1 Å². The Labute approximate surface area is 171 Å². The van der Waals surface area contributed by atoms with Crippen molar-refractivity contribution in [3.05, 3.63) is 30.4 Å². The highest BCUT2D eigenvalue weighted by Crippen LogP contribution is 2.37. The first-order valence-corrected chi connectivity index (χ1v) is 10.2. The molecular formula is C21H30N6O2. The molecule has 0 amide bonds. The lowest BCUT2D eigenvalue weighted by atomic mass is 9.75. The smallest absolute Gasteiger partial charge is 0.327 e. The number of aromatic nitrogens is 3. The topological polar surface area (TPSA) is 107 Å². The van der Waals surface area contributed by atoms with Gasteiger partial charge in [0.1, 0.15) is 12.2 Å². The van der Waals surface area contributed by atoms with Gasteiger partial charge in [0, 0.05) is 36.7 Å². The van der Waals surface area contributed by atoms with Crippen molar-refractivity contribution in [1.82, 2.24) is 14.5 Å². The molecule has 8 nitrogen and oxygen atoms in total. The molecule has 1 aliphatic carbocycles. The molecule has 156 valence electrons. The summed E-state index contributed by atoms with van der Waals surface area (Å²) in [6.45, 7) is 5.35. The number of esters is 1. The predicted octanol–water partition coefficient (Wildman–Crippen LogP) is 3.25. The van der Waals surface area contributed by atoms with E-state index in [1.54, 1.807) is 13.1 Å². The van der Waals surface area contributed by atoms with E-state index in [1.807, 2.05) is 6.07 Å². The largest absolute Gasteiger partial charge is 0.465 e. The second-order valence-corrected chi connectivity index (χ2v) is 7.81. The Morgan fingerprint density at radius 3 is 2.93 bits per heavy atom. The van der Waals surface area contributed by atoms with E-state index in [0.29, 0.717) is 23.7 Å². The lowest BCUT2D eigenvalue weighted by Gasteiger charge is -2.34. The summed E-state index contributed by atoms with van der Waals surface area (Å²) in [4.78, 5) is 24.5. The summed E-state index contributed by atoms with van der Waals surface area (Å²) < 4.78 is 7.06. The molecule has 2 aromatic heterocycles. The fourth-order valence-electron chi connectivity index (χ4n) is 3.80. The van der Waals surface area contributed by atoms with Crippen LogP contribution in [0, 0.1) is 5.41 Å². The number of nitrogens with one attached hydrogen (secondary N) is 1. The number of nitrogens with zero attached hydrogens (tertiary/aromatic N) is 4. The molecule has 0 saturated heterocycles. The number of fused-ring (bicyclic) bond motifs is 1. The van der Waals surface area contributed by atoms with Gasteiger partial charge in [-0.15, -0.1) is 0 Å². The minimum absolute atomic E-state index is 0.0613. The van der Waals surface area contributed by atoms with Gasteiger partial charge in [0.2, 0.25) is 5.95 Å². The Kier molecular flexibility index (Phi) is 6.85. The summed E-state index contributed by atoms with van der Waals surface area (Å²) in [5.74, 6) is 0.0531. The number of hydrogen-bond donors (Lipinski definition) is 2. The average Bonchev–Trinajstić information content (AvgIpc) is 3.09. The van der Waals surface area contributed by atoms with Gasteiger partial charge in [0.15, 0.2) is 0 Å². The van der Waals surface area contributed by atoms with Crippen LogP contribution in [-0.4, -0.2) is 39.9 Å². The van der Waals surface area contributed by atoms with Crippen molar-refractivity contribution in [3.63, 3.8) is 0 Å². The highest BCUT2D eigenvalue weighted by atomic mass is 16.5. The summed E-state index contributed by atoms with van der Waals surface area (Å²) in [6, 6.07) is 2.05. The number of aliphatic imine (C=N–C) groups is 1. The van der Waals surface area contributed by atoms with Gasteiger partial charge in [-0.3, -0.25) is 9.79 Å². The molecule has 0 aliphatic heterocycles. The van der Waals surface area contributed by atoms with Crippen molar-refractivity contribution in [3.8, 4) is 0 Å². The molecule has 0 unspecified atom stereocenters. The van der Waals surface area contributed by atoms with Crippen LogP contribution in [0.25, 0.3) is 11.0 Å². The Morgan fingerprint density at radius 1 is 1.41 bits per heavy atom. The van der Waals surface area contributed by atoms with Gasteiger partial charge >= 0.3 is 5.97 Å². The first-order valence-electron chi connectivity index (χ1n) is 10.2. The van der Waals surface area contributed by atoms with Crippen molar-refractivity contribution in [2.75, 3.05) is 18.5 Å². The molecule has 0 spiro atoms. The zero-order valence-corrected chi connectivity index (χ0v) is 17.2. The van der Waals surface area contributed by atoms with Crippen LogP contribution in [0.4, 0.5) is 5.95 Å². The number of hydrogen-bond acceptors (Lipinski definition) is 7. The van der Waals surface area contributed by atoms with Crippen LogP contribution >= 0.6 is 0 Å². The minimum Gasteiger partial charge on any atom is -0.465 e. The van der Waals surface area contributed by atoms with Gasteiger partial charge in [0.05, 0.1) is 12.3 Å². The first kappa shape index (κ1) is 20.8. The zero-order valence-electron chi connectivity index (χ0n) is 17.2. The highest BCUT2D eigenvalue weighted by molar-refractivity contribution is 5.85. The average molecular weight is 399 g/mol. The molecule has 2 aromatic rings. The summed E-state index contributed by atoms with van der Waals surface area (Å²) in [5.41, 5.74) is 7.38. The van der Waals surface area contributed by atoms with Crippen LogP contribution in [0.5, 0.6) is 0 Å². The lowest BCUT2D eigenvalue weighted by molar-refractivity contribution is -0.141. The first-order chi connectivity index (χ1) is 14.0. The van der Waals surface area contributed by atoms with Crippen LogP contribution in [0.1, 0.15) is 46.0 Å². The molecule has 1 aliphatic rings. The number of carbonyl (C=O) groups is 1. The number of ether oxygens (including phenoxy) is 1. The standard InChI is InChI=1S/C21H30N6O2/c1-3-29-18(28)14-23-13-17(11-22)25-20-24-12-16-7-10-27(19(16)26-20)15-21(2)8-5-4-6-9-21/h7,10-13H,3-6,8-9,14-15,22H2,1-2H3,(H,24,25,26)/b17-11+,23-13?. The quantitative estimate of drug-likeness (QED) is 0.522. The summed E-state index contributed by atoms with van der Waals surface area (Å²) in [5, 5.41) is 4.06. The van der Waals surface area contributed by atoms with E-state index in [4.69, 9.17) is 10.5 Å². The maximum Gasteiger partial charge on any atom is 0.327 e. The van der Waals surface area contributed by atoms with Crippen LogP contribution in [0.2, 0.25) is 0 Å². The van der Waals surface area contributed by atoms with E-state index in [0.717, 1.165) is 17.6 Å². The van der Waals surface area contributed by atoms with Crippen LogP contribution in [0.3, 0.4) is 0 Å². The van der Waals surface area contributed by atoms with Gasteiger partial charge in [-0.05, 0) is 31.2 Å². The monoisotopic (exact) mass is 398 g/mol. The third kappa shape index (κ3) is 5.56. The number of anilines is 1. The number of allylic oxidation sites excluding steroid dienone is 1. The van der Waals surface area contributed by atoms with Crippen LogP contribution in [0.15, 0.2) is 35.3 Å². The van der Waals surface area contributed by atoms with E-state index in [2.05, 4.69) is 38.0 Å². The third-order valence-corrected chi connectivity index (χ3v) is 5.31. The number of rotatable bonds is 8. The predicted molar refractivity (Wildman–Crippen MR) is 115 cm³/mol. The van der Waals surface area contributed by atoms with E-state index in [9.17, 15) is 4.79 Å². The molecule has 3 N–H and O–H groups in total. The molecule has 1 fully saturated rings. The van der Waals surface area contributed by atoms with Gasteiger partial charge in [-0.25, -0.2) is 4.98 Å². The lowest BCUT2D eigenvalue weighted by Crippen LogP contribution is -2.26. The van der Waals surface area contributed by atoms with E-state index < -0.39 is 0 Å². The van der Waals surface area contributed by atoms with E-state index >= 15 is 0 Å². The molecular weight excluding hydrogens is 368 g/mol. The summed E-state index contributed by atoms with van der Waals surface area (Å²) >= 11 is 0. The Morgan fingerprint density at radius 2 is 2.21 bits per heavy atom. The van der Waals surface area contributed by atoms with Gasteiger partial charge in [-0.1, -0.05) is 26.2 Å². The van der Waals surface area contributed by atoms with Crippen molar-refractivity contribution in [2.45, 2.75) is 52.5 Å². The molecule has 1 saturated carbocycles. The van der Waals surface area contributed by atoms with Crippen molar-refractivity contribution < 1.29 is 9.53 Å². The molecule has 0 radical (unpaired) electrons. The Bertz CT molecular complexity index is 896. The normalized spacial score (nSPS) is 17.0. The zero-order chi connectivity index (χ0) is 20.7. The van der Waals surface area contributed by atoms with Crippen molar-refractivity contribution in [2.24, 2.45) is 16.1 Å². The Balaban J connectivity index is 1.71. The SMILES string of the molecule is CCOC(=O)CN=C/C(=C\N)Nc1ncc2ccn(CC3(C)CCCCC3)c2n1. The van der Waals surface area contributed by atoms with Gasteiger partial charge < -0.3 is 20.4 Å². The fraction of sp³-hybridized carbons (Fsp3) is 0.524. The molecule has 3 rings (SSSR count). The summed E-state index contributed by atoms with van der Waals surface area (Å²) in [7, 11) is 0. The third-order valence-electron chi connectivity index (χ3n) is 5.31. The van der Waals surface area contributed by atoms with Crippen LogP contribution in [-0.2, 0) is 16.1 Å². The second kappa shape index (κ2) is 9.54. The number of nitrogens with two attached hydrogens (primary N) is 1. The number of carbonyl (C=O) groups excluding carboxylic acids is 1. The molecule has 29 heavy (non-hydrogen) atoms. The second-order valence-electron chi connectivity index (χ2n) is 7.81. The molecule has 8 heteroatoms. The molecule has 0 atom stereocenters. The van der Waals surface area contributed by atoms with Crippen molar-refractivity contribution in [1.29, 1.82) is 0 Å². The maximum absolute atomic E-state index is 11.4. The van der Waals surface area contributed by atoms with E-state index in [-0.39, 0.29) is 12.5 Å². The fourth-order valence-corrected chi connectivity index (χ4v) is 3.80. The molecule has 2 heterocycles. The molecule has 0 bridgehead atoms. The molecule has 0 aromatic carbocycles. The highest BCUT2D eigenvalue weighted by Gasteiger charge is 2.27. The Hall–Kier alpha value is -2.90. The van der Waals surface area contributed by atoms with Gasteiger partial charge in [0.25, 0.3) is 0 Å². The van der Waals surface area contributed by atoms with Gasteiger partial charge in [-0.2, -0.15) is 4.98 Å². The minimum atomic E-state index is -0.383.